The van der Waals surface area contributed by atoms with E-state index < -0.39 is 0 Å². The van der Waals surface area contributed by atoms with Crippen molar-refractivity contribution in [3.63, 3.8) is 0 Å². The summed E-state index contributed by atoms with van der Waals surface area (Å²) >= 11 is 0. The van der Waals surface area contributed by atoms with Crippen molar-refractivity contribution in [2.75, 3.05) is 0 Å². The minimum atomic E-state index is 0.445. The van der Waals surface area contributed by atoms with Crippen LogP contribution in [0.3, 0.4) is 0 Å². The van der Waals surface area contributed by atoms with Crippen LogP contribution in [0.1, 0.15) is 78.5 Å². The molecular formula is C16H30N6. The molecule has 2 rings (SSSR count). The highest BCUT2D eigenvalue weighted by molar-refractivity contribution is 5.05. The van der Waals surface area contributed by atoms with Crippen molar-refractivity contribution in [1.82, 2.24) is 30.8 Å². The Morgan fingerprint density at radius 1 is 0.727 bits per heavy atom. The third kappa shape index (κ3) is 10.8. The number of hydrogen-bond acceptors (Lipinski definition) is 6. The third-order valence-electron chi connectivity index (χ3n) is 2.30. The molecule has 124 valence electrons. The minimum Gasteiger partial charge on any atom is -0.139 e. The average Bonchev–Trinajstić information content (AvgIpc) is 2.60. The van der Waals surface area contributed by atoms with Crippen molar-refractivity contribution in [3.8, 4) is 0 Å². The molecule has 2 aromatic rings. The fourth-order valence-corrected chi connectivity index (χ4v) is 1.10. The van der Waals surface area contributed by atoms with Gasteiger partial charge < -0.3 is 0 Å². The second-order valence-electron chi connectivity index (χ2n) is 4.43. The Morgan fingerprint density at radius 2 is 1.27 bits per heavy atom. The lowest BCUT2D eigenvalue weighted by atomic mass is 10.1. The molecule has 0 atom stereocenters. The first kappa shape index (κ1) is 22.3. The van der Waals surface area contributed by atoms with E-state index >= 15 is 0 Å². The van der Waals surface area contributed by atoms with Crippen molar-refractivity contribution in [2.24, 2.45) is 0 Å². The van der Waals surface area contributed by atoms with Crippen LogP contribution in [0.15, 0.2) is 24.7 Å². The summed E-state index contributed by atoms with van der Waals surface area (Å²) in [7, 11) is 0. The Kier molecular flexibility index (Phi) is 15.6. The molecule has 0 aromatic carbocycles. The second kappa shape index (κ2) is 15.4. The molecule has 0 spiro atoms. The number of hydrogen-bond donors (Lipinski definition) is 0. The van der Waals surface area contributed by atoms with Crippen LogP contribution < -0.4 is 0 Å². The third-order valence-corrected chi connectivity index (χ3v) is 2.30. The van der Waals surface area contributed by atoms with E-state index in [9.17, 15) is 0 Å². The van der Waals surface area contributed by atoms with E-state index in [0.717, 1.165) is 11.3 Å². The highest BCUT2D eigenvalue weighted by atomic mass is 15.3. The SMILES string of the molecule is CC.CC.CC(C)c1ccnnn1.CC(C)c1cnnnc1. The van der Waals surface area contributed by atoms with Gasteiger partial charge in [-0.3, -0.25) is 0 Å². The van der Waals surface area contributed by atoms with E-state index in [1.807, 2.05) is 33.8 Å². The van der Waals surface area contributed by atoms with Crippen molar-refractivity contribution in [1.29, 1.82) is 0 Å². The number of nitrogens with zero attached hydrogens (tertiary/aromatic N) is 6. The Balaban J connectivity index is 0. The summed E-state index contributed by atoms with van der Waals surface area (Å²) in [6, 6.07) is 1.87. The van der Waals surface area contributed by atoms with E-state index in [1.165, 1.54) is 0 Å². The molecule has 0 unspecified atom stereocenters. The lowest BCUT2D eigenvalue weighted by Gasteiger charge is -1.99. The molecule has 0 amide bonds. The van der Waals surface area contributed by atoms with Crippen LogP contribution in [0.25, 0.3) is 0 Å². The van der Waals surface area contributed by atoms with Gasteiger partial charge in [0.05, 0.1) is 24.3 Å². The molecule has 0 radical (unpaired) electrons. The van der Waals surface area contributed by atoms with E-state index in [2.05, 4.69) is 58.5 Å². The summed E-state index contributed by atoms with van der Waals surface area (Å²) in [4.78, 5) is 0. The minimum absolute atomic E-state index is 0.445. The molecule has 0 saturated carbocycles. The van der Waals surface area contributed by atoms with Gasteiger partial charge >= 0.3 is 0 Å². The molecule has 0 aliphatic rings. The van der Waals surface area contributed by atoms with Crippen molar-refractivity contribution in [3.05, 3.63) is 35.9 Å². The molecule has 2 heterocycles. The molecular weight excluding hydrogens is 276 g/mol. The van der Waals surface area contributed by atoms with E-state index in [4.69, 9.17) is 0 Å². The molecule has 6 nitrogen and oxygen atoms in total. The maximum Gasteiger partial charge on any atom is 0.0690 e. The van der Waals surface area contributed by atoms with Crippen molar-refractivity contribution < 1.29 is 0 Å². The Morgan fingerprint density at radius 3 is 1.55 bits per heavy atom. The second-order valence-corrected chi connectivity index (χ2v) is 4.43. The van der Waals surface area contributed by atoms with Gasteiger partial charge in [0.1, 0.15) is 0 Å². The van der Waals surface area contributed by atoms with Crippen molar-refractivity contribution in [2.45, 2.75) is 67.2 Å². The molecule has 0 aliphatic carbocycles. The highest BCUT2D eigenvalue weighted by Gasteiger charge is 1.97. The molecule has 0 saturated heterocycles. The summed E-state index contributed by atoms with van der Waals surface area (Å²) in [5, 5.41) is 21.6. The zero-order valence-corrected chi connectivity index (χ0v) is 15.1. The van der Waals surface area contributed by atoms with Crippen LogP contribution in [0.4, 0.5) is 0 Å². The summed E-state index contributed by atoms with van der Waals surface area (Å²) < 4.78 is 0. The van der Waals surface area contributed by atoms with Crippen LogP contribution >= 0.6 is 0 Å². The topological polar surface area (TPSA) is 77.3 Å². The van der Waals surface area contributed by atoms with Gasteiger partial charge in [0.25, 0.3) is 0 Å². The van der Waals surface area contributed by atoms with Crippen LogP contribution in [0.5, 0.6) is 0 Å². The van der Waals surface area contributed by atoms with E-state index in [1.54, 1.807) is 18.6 Å². The monoisotopic (exact) mass is 306 g/mol. The van der Waals surface area contributed by atoms with Gasteiger partial charge in [0.2, 0.25) is 0 Å². The number of aromatic nitrogens is 6. The molecule has 0 aliphatic heterocycles. The van der Waals surface area contributed by atoms with Crippen LogP contribution in [-0.2, 0) is 0 Å². The average molecular weight is 306 g/mol. The maximum absolute atomic E-state index is 3.82. The fourth-order valence-electron chi connectivity index (χ4n) is 1.10. The Bertz CT molecular complexity index is 387. The predicted molar refractivity (Wildman–Crippen MR) is 90.5 cm³/mol. The molecule has 2 aromatic heterocycles. The molecule has 22 heavy (non-hydrogen) atoms. The molecule has 0 bridgehead atoms. The normalized spacial score (nSPS) is 8.82. The van der Waals surface area contributed by atoms with Gasteiger partial charge in [-0.2, -0.15) is 0 Å². The molecule has 6 heteroatoms. The Hall–Kier alpha value is -1.98. The first-order chi connectivity index (χ1) is 10.6. The zero-order valence-electron chi connectivity index (χ0n) is 15.1. The fraction of sp³-hybridized carbons (Fsp3) is 0.625. The van der Waals surface area contributed by atoms with E-state index in [0.29, 0.717) is 11.8 Å². The van der Waals surface area contributed by atoms with Gasteiger partial charge in [-0.25, -0.2) is 0 Å². The van der Waals surface area contributed by atoms with Gasteiger partial charge in [0, 0.05) is 0 Å². The first-order valence-electron chi connectivity index (χ1n) is 7.88. The zero-order chi connectivity index (χ0) is 17.4. The van der Waals surface area contributed by atoms with Gasteiger partial charge in [0.15, 0.2) is 0 Å². The van der Waals surface area contributed by atoms with Crippen LogP contribution in [0, 0.1) is 0 Å². The quantitative estimate of drug-likeness (QED) is 0.833. The maximum atomic E-state index is 3.82. The summed E-state index contributed by atoms with van der Waals surface area (Å²) in [6.07, 6.45) is 5.12. The van der Waals surface area contributed by atoms with Crippen molar-refractivity contribution >= 4 is 0 Å². The van der Waals surface area contributed by atoms with Crippen LogP contribution in [-0.4, -0.2) is 30.8 Å². The Labute approximate surface area is 134 Å². The molecule has 0 N–H and O–H groups in total. The summed E-state index contributed by atoms with van der Waals surface area (Å²) in [5.41, 5.74) is 2.12. The lowest BCUT2D eigenvalue weighted by molar-refractivity contribution is 0.741. The first-order valence-corrected chi connectivity index (χ1v) is 7.88. The predicted octanol–water partition coefficient (Wildman–Crippen LogP) is 4.04. The largest absolute Gasteiger partial charge is 0.139 e. The number of rotatable bonds is 2. The summed E-state index contributed by atoms with van der Waals surface area (Å²) in [6.45, 7) is 16.3. The smallest absolute Gasteiger partial charge is 0.0690 e. The highest BCUT2D eigenvalue weighted by Crippen LogP contribution is 2.08. The van der Waals surface area contributed by atoms with E-state index in [-0.39, 0.29) is 0 Å². The van der Waals surface area contributed by atoms with Gasteiger partial charge in [-0.05, 0) is 33.9 Å². The van der Waals surface area contributed by atoms with Crippen LogP contribution in [0.2, 0.25) is 0 Å². The lowest BCUT2D eigenvalue weighted by Crippen LogP contribution is -1.94. The van der Waals surface area contributed by atoms with Gasteiger partial charge in [-0.1, -0.05) is 55.4 Å². The standard InChI is InChI=1S/2C6H9N3.2C2H6/c1-5(2)6-3-7-9-8-4-6;1-5(2)6-3-4-7-9-8-6;2*1-2/h2*3-5H,1-2H3;2*1-2H3. The molecule has 0 fully saturated rings. The summed E-state index contributed by atoms with van der Waals surface area (Å²) in [5.74, 6) is 0.938. The van der Waals surface area contributed by atoms with Gasteiger partial charge in [-0.15, -0.1) is 20.4 Å².